The second kappa shape index (κ2) is 7.30. The van der Waals surface area contributed by atoms with Crippen LogP contribution in [0.15, 0.2) is 6.07 Å². The number of amides is 1. The van der Waals surface area contributed by atoms with Crippen LogP contribution in [0.1, 0.15) is 24.8 Å². The molecule has 0 bridgehead atoms. The van der Waals surface area contributed by atoms with E-state index in [4.69, 9.17) is 9.47 Å². The van der Waals surface area contributed by atoms with Gasteiger partial charge in [-0.05, 0) is 25.5 Å². The van der Waals surface area contributed by atoms with Crippen LogP contribution in [0.5, 0.6) is 11.8 Å². The fraction of sp³-hybridized carbons (Fsp3) is 0.647. The molecule has 1 amide bonds. The average molecular weight is 373 g/mol. The van der Waals surface area contributed by atoms with Crippen molar-refractivity contribution in [3.05, 3.63) is 17.4 Å². The summed E-state index contributed by atoms with van der Waals surface area (Å²) < 4.78 is 50.3. The van der Waals surface area contributed by atoms with E-state index >= 15 is 0 Å². The number of ether oxygens (including phenoxy) is 2. The first-order valence-corrected chi connectivity index (χ1v) is 8.54. The number of methoxy groups -OCH3 is 1. The Kier molecular flexibility index (Phi) is 5.27. The zero-order chi connectivity index (χ0) is 18.9. The third-order valence-electron chi connectivity index (χ3n) is 4.70. The van der Waals surface area contributed by atoms with Crippen molar-refractivity contribution in [2.75, 3.05) is 27.3 Å². The molecule has 0 spiro atoms. The van der Waals surface area contributed by atoms with Gasteiger partial charge in [-0.2, -0.15) is 4.98 Å². The zero-order valence-corrected chi connectivity index (χ0v) is 14.7. The van der Waals surface area contributed by atoms with Crippen molar-refractivity contribution >= 4 is 5.91 Å². The van der Waals surface area contributed by atoms with E-state index in [1.165, 1.54) is 12.0 Å². The molecular formula is C17H22F3N3O3. The van der Waals surface area contributed by atoms with E-state index in [2.05, 4.69) is 10.3 Å². The first-order valence-electron chi connectivity index (χ1n) is 8.54. The summed E-state index contributed by atoms with van der Waals surface area (Å²) in [6.45, 7) is 0.617. The van der Waals surface area contributed by atoms with Crippen molar-refractivity contribution in [3.8, 4) is 11.8 Å². The molecule has 6 nitrogen and oxygen atoms in total. The van der Waals surface area contributed by atoms with Gasteiger partial charge < -0.3 is 19.7 Å². The summed E-state index contributed by atoms with van der Waals surface area (Å²) in [5.41, 5.74) is 0.378. The van der Waals surface area contributed by atoms with E-state index < -0.39 is 17.7 Å². The topological polar surface area (TPSA) is 63.7 Å². The Morgan fingerprint density at radius 3 is 2.77 bits per heavy atom. The summed E-state index contributed by atoms with van der Waals surface area (Å²) in [5, 5.41) is 3.12. The molecule has 9 heteroatoms. The molecule has 2 aliphatic rings. The highest BCUT2D eigenvalue weighted by Gasteiger charge is 2.57. The van der Waals surface area contributed by atoms with Gasteiger partial charge in [-0.15, -0.1) is 0 Å². The predicted octanol–water partition coefficient (Wildman–Crippen LogP) is 1.97. The number of halogens is 3. The third-order valence-corrected chi connectivity index (χ3v) is 4.70. The first-order chi connectivity index (χ1) is 12.3. The van der Waals surface area contributed by atoms with Gasteiger partial charge in [0.25, 0.3) is 11.8 Å². The van der Waals surface area contributed by atoms with E-state index in [0.717, 1.165) is 25.5 Å². The van der Waals surface area contributed by atoms with Gasteiger partial charge in [-0.1, -0.05) is 0 Å². The molecule has 1 saturated heterocycles. The summed E-state index contributed by atoms with van der Waals surface area (Å²) >= 11 is 0. The zero-order valence-electron chi connectivity index (χ0n) is 14.7. The van der Waals surface area contributed by atoms with Gasteiger partial charge >= 0.3 is 0 Å². The molecular weight excluding hydrogens is 351 g/mol. The number of rotatable bonds is 7. The third kappa shape index (κ3) is 4.03. The lowest BCUT2D eigenvalue weighted by Gasteiger charge is -2.22. The largest absolute Gasteiger partial charge is 0.481 e. The minimum Gasteiger partial charge on any atom is -0.481 e. The number of hydrogen-bond donors (Lipinski definition) is 1. The summed E-state index contributed by atoms with van der Waals surface area (Å²) in [5.74, 6) is -4.77. The standard InChI is InChI=1S/C17H22F3N3O3/c1-23(16(24)13-4-3-5-21-13)8-10-6-12(18)15(22-14(10)25-2)26-9-11-7-17(11,19)20/h6,11,13,21H,3-5,7-9H2,1-2H3/t11?,13-/m0/s1. The lowest BCUT2D eigenvalue weighted by Crippen LogP contribution is -2.41. The number of aromatic nitrogens is 1. The van der Waals surface area contributed by atoms with Crippen molar-refractivity contribution in [2.24, 2.45) is 5.92 Å². The average Bonchev–Trinajstić information content (AvgIpc) is 3.01. The number of pyridine rings is 1. The van der Waals surface area contributed by atoms with Gasteiger partial charge in [-0.25, -0.2) is 13.2 Å². The molecule has 2 heterocycles. The number of nitrogens with zero attached hydrogens (tertiary/aromatic N) is 2. The Labute approximate surface area is 149 Å². The number of carbonyl (C=O) groups is 1. The quantitative estimate of drug-likeness (QED) is 0.792. The maximum Gasteiger partial charge on any atom is 0.255 e. The van der Waals surface area contributed by atoms with E-state index in [1.54, 1.807) is 7.05 Å². The fourth-order valence-electron chi connectivity index (χ4n) is 3.01. The Balaban J connectivity index is 1.67. The molecule has 2 fully saturated rings. The number of likely N-dealkylation sites (N-methyl/N-ethyl adjacent to an activating group) is 1. The van der Waals surface area contributed by atoms with Crippen molar-refractivity contribution in [1.82, 2.24) is 15.2 Å². The molecule has 2 atom stereocenters. The fourth-order valence-corrected chi connectivity index (χ4v) is 3.01. The Morgan fingerprint density at radius 1 is 1.46 bits per heavy atom. The highest BCUT2D eigenvalue weighted by Crippen LogP contribution is 2.48. The summed E-state index contributed by atoms with van der Waals surface area (Å²) in [7, 11) is 2.99. The predicted molar refractivity (Wildman–Crippen MR) is 86.8 cm³/mol. The molecule has 1 unspecified atom stereocenters. The second-order valence-corrected chi connectivity index (χ2v) is 6.76. The Bertz CT molecular complexity index is 681. The van der Waals surface area contributed by atoms with E-state index in [-0.39, 0.29) is 43.3 Å². The van der Waals surface area contributed by atoms with Crippen LogP contribution in [0.3, 0.4) is 0 Å². The monoisotopic (exact) mass is 373 g/mol. The van der Waals surface area contributed by atoms with Crippen LogP contribution in [0.25, 0.3) is 0 Å². The van der Waals surface area contributed by atoms with Crippen LogP contribution in [0, 0.1) is 11.7 Å². The summed E-state index contributed by atoms with van der Waals surface area (Å²) in [6.07, 6.45) is 1.45. The van der Waals surface area contributed by atoms with Gasteiger partial charge in [0.1, 0.15) is 0 Å². The molecule has 3 rings (SSSR count). The maximum atomic E-state index is 14.2. The van der Waals surface area contributed by atoms with Gasteiger partial charge in [0.2, 0.25) is 11.8 Å². The van der Waals surface area contributed by atoms with Crippen LogP contribution < -0.4 is 14.8 Å². The molecule has 1 aliphatic carbocycles. The van der Waals surface area contributed by atoms with Crippen molar-refractivity contribution < 1.29 is 27.4 Å². The van der Waals surface area contributed by atoms with Crippen molar-refractivity contribution in [2.45, 2.75) is 37.8 Å². The number of nitrogens with one attached hydrogen (secondary N) is 1. The van der Waals surface area contributed by atoms with E-state index in [0.29, 0.717) is 5.56 Å². The van der Waals surface area contributed by atoms with Crippen LogP contribution in [-0.4, -0.2) is 55.1 Å². The highest BCUT2D eigenvalue weighted by atomic mass is 19.3. The lowest BCUT2D eigenvalue weighted by atomic mass is 10.2. The van der Waals surface area contributed by atoms with Crippen molar-refractivity contribution in [3.63, 3.8) is 0 Å². The highest BCUT2D eigenvalue weighted by molar-refractivity contribution is 5.82. The minimum absolute atomic E-state index is 0.0822. The Morgan fingerprint density at radius 2 is 2.19 bits per heavy atom. The summed E-state index contributed by atoms with van der Waals surface area (Å²) in [4.78, 5) is 17.8. The van der Waals surface area contributed by atoms with Crippen LogP contribution in [0.2, 0.25) is 0 Å². The van der Waals surface area contributed by atoms with Gasteiger partial charge in [-0.3, -0.25) is 4.79 Å². The van der Waals surface area contributed by atoms with Crippen LogP contribution in [-0.2, 0) is 11.3 Å². The SMILES string of the molecule is COc1nc(OCC2CC2(F)F)c(F)cc1CN(C)C(=O)[C@@H]1CCCN1. The van der Waals surface area contributed by atoms with Gasteiger partial charge in [0.15, 0.2) is 5.82 Å². The maximum absolute atomic E-state index is 14.2. The van der Waals surface area contributed by atoms with E-state index in [1.807, 2.05) is 0 Å². The number of hydrogen-bond acceptors (Lipinski definition) is 5. The molecule has 0 aromatic carbocycles. The van der Waals surface area contributed by atoms with Crippen LogP contribution >= 0.6 is 0 Å². The lowest BCUT2D eigenvalue weighted by molar-refractivity contribution is -0.132. The first kappa shape index (κ1) is 18.8. The second-order valence-electron chi connectivity index (χ2n) is 6.76. The molecule has 1 aromatic heterocycles. The molecule has 0 radical (unpaired) electrons. The van der Waals surface area contributed by atoms with Crippen molar-refractivity contribution in [1.29, 1.82) is 0 Å². The smallest absolute Gasteiger partial charge is 0.255 e. The number of alkyl halides is 2. The van der Waals surface area contributed by atoms with E-state index in [9.17, 15) is 18.0 Å². The molecule has 144 valence electrons. The molecule has 1 aromatic rings. The molecule has 26 heavy (non-hydrogen) atoms. The molecule has 1 N–H and O–H groups in total. The normalized spacial score (nSPS) is 23.6. The molecule has 1 saturated carbocycles. The van der Waals surface area contributed by atoms with Gasteiger partial charge in [0, 0.05) is 19.0 Å². The molecule has 1 aliphatic heterocycles. The summed E-state index contributed by atoms with van der Waals surface area (Å²) in [6, 6.07) is 0.935. The Hall–Kier alpha value is -2.03. The minimum atomic E-state index is -2.74. The number of carbonyl (C=O) groups excluding carboxylic acids is 1. The van der Waals surface area contributed by atoms with Gasteiger partial charge in [0.05, 0.1) is 32.2 Å². The van der Waals surface area contributed by atoms with Crippen LogP contribution in [0.4, 0.5) is 13.2 Å².